The van der Waals surface area contributed by atoms with E-state index in [-0.39, 0.29) is 6.10 Å². The van der Waals surface area contributed by atoms with E-state index in [1.54, 1.807) is 6.92 Å². The van der Waals surface area contributed by atoms with E-state index in [0.717, 1.165) is 6.42 Å². The number of carbonyl (C=O) groups is 1. The van der Waals surface area contributed by atoms with Crippen molar-refractivity contribution >= 4 is 5.97 Å². The van der Waals surface area contributed by atoms with Crippen LogP contribution in [-0.2, 0) is 19.0 Å². The van der Waals surface area contributed by atoms with Gasteiger partial charge in [0, 0.05) is 13.8 Å². The summed E-state index contributed by atoms with van der Waals surface area (Å²) in [6.07, 6.45) is 0.894. The van der Waals surface area contributed by atoms with Crippen molar-refractivity contribution in [3.05, 3.63) is 0 Å². The first-order valence-corrected chi connectivity index (χ1v) is 4.07. The van der Waals surface area contributed by atoms with Crippen LogP contribution in [0.3, 0.4) is 0 Å². The average molecular weight is 174 g/mol. The summed E-state index contributed by atoms with van der Waals surface area (Å²) in [7, 11) is 0. The largest absolute Gasteiger partial charge is 0.408 e. The third-order valence-corrected chi connectivity index (χ3v) is 1.70. The highest BCUT2D eigenvalue weighted by Gasteiger charge is 2.39. The zero-order valence-corrected chi connectivity index (χ0v) is 7.62. The monoisotopic (exact) mass is 174 g/mol. The first-order valence-electron chi connectivity index (χ1n) is 4.07. The molecule has 4 nitrogen and oxygen atoms in total. The maximum Gasteiger partial charge on any atom is 0.326 e. The Hall–Kier alpha value is -0.610. The van der Waals surface area contributed by atoms with E-state index in [2.05, 4.69) is 0 Å². The molecule has 1 rings (SSSR count). The topological polar surface area (TPSA) is 44.8 Å². The second-order valence-electron chi connectivity index (χ2n) is 2.92. The Morgan fingerprint density at radius 1 is 1.75 bits per heavy atom. The Bertz CT molecular complexity index is 180. The maximum atomic E-state index is 10.6. The minimum Gasteiger partial charge on any atom is -0.408 e. The zero-order chi connectivity index (χ0) is 9.19. The van der Waals surface area contributed by atoms with Crippen molar-refractivity contribution in [2.24, 2.45) is 0 Å². The molecule has 0 aromatic carbocycles. The van der Waals surface area contributed by atoms with E-state index >= 15 is 0 Å². The van der Waals surface area contributed by atoms with E-state index in [9.17, 15) is 4.79 Å². The second kappa shape index (κ2) is 3.41. The van der Waals surface area contributed by atoms with Gasteiger partial charge < -0.3 is 14.2 Å². The molecule has 1 aliphatic heterocycles. The van der Waals surface area contributed by atoms with Crippen molar-refractivity contribution in [2.45, 2.75) is 39.3 Å². The molecular weight excluding hydrogens is 160 g/mol. The molecule has 0 amide bonds. The van der Waals surface area contributed by atoms with Gasteiger partial charge in [0.25, 0.3) is 0 Å². The Morgan fingerprint density at radius 3 is 2.83 bits per heavy atom. The van der Waals surface area contributed by atoms with Gasteiger partial charge in [0.05, 0.1) is 12.7 Å². The molecule has 1 fully saturated rings. The lowest BCUT2D eigenvalue weighted by Crippen LogP contribution is -2.32. The molecule has 1 saturated heterocycles. The van der Waals surface area contributed by atoms with Gasteiger partial charge in [-0.25, -0.2) is 0 Å². The molecule has 1 heterocycles. The van der Waals surface area contributed by atoms with E-state index in [1.807, 2.05) is 6.92 Å². The zero-order valence-electron chi connectivity index (χ0n) is 7.62. The minimum absolute atomic E-state index is 0.0364. The first-order chi connectivity index (χ1) is 5.56. The molecule has 0 radical (unpaired) electrons. The molecule has 0 aliphatic carbocycles. The van der Waals surface area contributed by atoms with Crippen molar-refractivity contribution in [3.63, 3.8) is 0 Å². The lowest BCUT2D eigenvalue weighted by Gasteiger charge is -2.21. The molecular formula is C8H14O4. The van der Waals surface area contributed by atoms with Crippen LogP contribution in [0.25, 0.3) is 0 Å². The summed E-state index contributed by atoms with van der Waals surface area (Å²) >= 11 is 0. The fourth-order valence-electron chi connectivity index (χ4n) is 1.13. The van der Waals surface area contributed by atoms with Gasteiger partial charge in [-0.1, -0.05) is 6.92 Å². The summed E-state index contributed by atoms with van der Waals surface area (Å²) in [6, 6.07) is 0. The van der Waals surface area contributed by atoms with Crippen LogP contribution >= 0.6 is 0 Å². The highest BCUT2D eigenvalue weighted by molar-refractivity contribution is 5.66. The van der Waals surface area contributed by atoms with E-state index in [0.29, 0.717) is 6.61 Å². The molecule has 12 heavy (non-hydrogen) atoms. The average Bonchev–Trinajstić information content (AvgIpc) is 2.30. The molecule has 2 unspecified atom stereocenters. The van der Waals surface area contributed by atoms with Crippen LogP contribution in [-0.4, -0.2) is 24.7 Å². The van der Waals surface area contributed by atoms with Gasteiger partial charge in [0.2, 0.25) is 0 Å². The second-order valence-corrected chi connectivity index (χ2v) is 2.92. The highest BCUT2D eigenvalue weighted by atomic mass is 16.9. The summed E-state index contributed by atoms with van der Waals surface area (Å²) < 4.78 is 15.4. The molecule has 4 heteroatoms. The fraction of sp³-hybridized carbons (Fsp3) is 0.875. The number of rotatable bonds is 2. The maximum absolute atomic E-state index is 10.6. The Balaban J connectivity index is 2.46. The lowest BCUT2D eigenvalue weighted by atomic mass is 10.3. The smallest absolute Gasteiger partial charge is 0.326 e. The molecule has 0 spiro atoms. The van der Waals surface area contributed by atoms with Crippen molar-refractivity contribution in [1.82, 2.24) is 0 Å². The van der Waals surface area contributed by atoms with Crippen LogP contribution in [0.2, 0.25) is 0 Å². The van der Waals surface area contributed by atoms with Crippen LogP contribution in [0, 0.1) is 0 Å². The van der Waals surface area contributed by atoms with Gasteiger partial charge in [0.1, 0.15) is 0 Å². The summed E-state index contributed by atoms with van der Waals surface area (Å²) in [5, 5.41) is 0. The van der Waals surface area contributed by atoms with Crippen molar-refractivity contribution in [3.8, 4) is 0 Å². The van der Waals surface area contributed by atoms with Crippen LogP contribution in [0.15, 0.2) is 0 Å². The molecule has 70 valence electrons. The summed E-state index contributed by atoms with van der Waals surface area (Å²) in [5.41, 5.74) is 0. The Morgan fingerprint density at radius 2 is 2.42 bits per heavy atom. The third kappa shape index (κ3) is 2.19. The molecule has 0 N–H and O–H groups in total. The Kier molecular flexibility index (Phi) is 2.69. The predicted octanol–water partition coefficient (Wildman–Crippen LogP) is 1.05. The van der Waals surface area contributed by atoms with E-state index in [1.165, 1.54) is 6.92 Å². The van der Waals surface area contributed by atoms with Crippen LogP contribution < -0.4 is 0 Å². The van der Waals surface area contributed by atoms with Gasteiger partial charge in [-0.2, -0.15) is 0 Å². The SMILES string of the molecule is CCC1COC(C)(OC(C)=O)O1. The van der Waals surface area contributed by atoms with Gasteiger partial charge in [0.15, 0.2) is 0 Å². The van der Waals surface area contributed by atoms with E-state index in [4.69, 9.17) is 14.2 Å². The minimum atomic E-state index is -1.16. The summed E-state index contributed by atoms with van der Waals surface area (Å²) in [4.78, 5) is 10.6. The molecule has 0 aromatic heterocycles. The summed E-state index contributed by atoms with van der Waals surface area (Å²) in [6.45, 7) is 5.41. The van der Waals surface area contributed by atoms with Crippen molar-refractivity contribution < 1.29 is 19.0 Å². The molecule has 2 atom stereocenters. The quantitative estimate of drug-likeness (QED) is 0.587. The van der Waals surface area contributed by atoms with Gasteiger partial charge in [-0.05, 0) is 6.42 Å². The number of ether oxygens (including phenoxy) is 3. The number of esters is 1. The lowest BCUT2D eigenvalue weighted by molar-refractivity contribution is -0.306. The van der Waals surface area contributed by atoms with Crippen molar-refractivity contribution in [1.29, 1.82) is 0 Å². The number of hydrogen-bond donors (Lipinski definition) is 0. The van der Waals surface area contributed by atoms with E-state index < -0.39 is 11.9 Å². The van der Waals surface area contributed by atoms with Gasteiger partial charge >= 0.3 is 11.9 Å². The predicted molar refractivity (Wildman–Crippen MR) is 41.3 cm³/mol. The third-order valence-electron chi connectivity index (χ3n) is 1.70. The molecule has 0 bridgehead atoms. The van der Waals surface area contributed by atoms with Crippen LogP contribution in [0.1, 0.15) is 27.2 Å². The van der Waals surface area contributed by atoms with Gasteiger partial charge in [-0.15, -0.1) is 0 Å². The molecule has 0 saturated carbocycles. The fourth-order valence-corrected chi connectivity index (χ4v) is 1.13. The van der Waals surface area contributed by atoms with Crippen LogP contribution in [0.5, 0.6) is 0 Å². The van der Waals surface area contributed by atoms with Crippen LogP contribution in [0.4, 0.5) is 0 Å². The molecule has 0 aromatic rings. The number of hydrogen-bond acceptors (Lipinski definition) is 4. The normalized spacial score (nSPS) is 35.1. The molecule has 1 aliphatic rings. The first kappa shape index (κ1) is 9.48. The van der Waals surface area contributed by atoms with Gasteiger partial charge in [-0.3, -0.25) is 4.79 Å². The Labute approximate surface area is 71.8 Å². The summed E-state index contributed by atoms with van der Waals surface area (Å²) in [5.74, 6) is -1.55. The van der Waals surface area contributed by atoms with Crippen molar-refractivity contribution in [2.75, 3.05) is 6.61 Å². The number of carbonyl (C=O) groups excluding carboxylic acids is 1. The highest BCUT2D eigenvalue weighted by Crippen LogP contribution is 2.25. The standard InChI is InChI=1S/C8H14O4/c1-4-7-5-10-8(3,12-7)11-6(2)9/h7H,4-5H2,1-3H3.